The van der Waals surface area contributed by atoms with Gasteiger partial charge in [-0.05, 0) is 70.4 Å². The molecule has 0 radical (unpaired) electrons. The van der Waals surface area contributed by atoms with Gasteiger partial charge < -0.3 is 4.74 Å². The van der Waals surface area contributed by atoms with Crippen LogP contribution in [0.2, 0.25) is 0 Å². The predicted octanol–water partition coefficient (Wildman–Crippen LogP) is 6.40. The molecule has 0 N–H and O–H groups in total. The van der Waals surface area contributed by atoms with Gasteiger partial charge in [-0.3, -0.25) is 4.90 Å². The first-order valence-electron chi connectivity index (χ1n) is 12.0. The highest BCUT2D eigenvalue weighted by Gasteiger charge is 2.39. The number of benzene rings is 2. The number of fused-ring (bicyclic) bond motifs is 3. The van der Waals surface area contributed by atoms with Crippen molar-refractivity contribution in [3.63, 3.8) is 0 Å². The number of aryl methyl sites for hydroxylation is 1. The van der Waals surface area contributed by atoms with E-state index in [0.717, 1.165) is 26.2 Å². The molecule has 5 rings (SSSR count). The lowest BCUT2D eigenvalue weighted by Gasteiger charge is -2.46. The fourth-order valence-corrected chi connectivity index (χ4v) is 5.97. The van der Waals surface area contributed by atoms with Crippen molar-refractivity contribution in [2.45, 2.75) is 83.3 Å². The molecule has 2 aliphatic heterocycles. The lowest BCUT2D eigenvalue weighted by molar-refractivity contribution is -0.0402. The van der Waals surface area contributed by atoms with E-state index in [2.05, 4.69) is 88.1 Å². The van der Waals surface area contributed by atoms with Gasteiger partial charge in [0.15, 0.2) is 0 Å². The predicted molar refractivity (Wildman–Crippen MR) is 129 cm³/mol. The molecule has 1 aliphatic carbocycles. The van der Waals surface area contributed by atoms with Gasteiger partial charge in [-0.25, -0.2) is 0 Å². The van der Waals surface area contributed by atoms with Gasteiger partial charge >= 0.3 is 0 Å². The normalized spacial score (nSPS) is 26.8. The third kappa shape index (κ3) is 3.79. The number of nitrogens with zero attached hydrogens (tertiary/aromatic N) is 1. The van der Waals surface area contributed by atoms with Crippen LogP contribution in [0.3, 0.4) is 0 Å². The van der Waals surface area contributed by atoms with E-state index in [-0.39, 0.29) is 10.8 Å². The van der Waals surface area contributed by atoms with Crippen molar-refractivity contribution in [3.05, 3.63) is 76.4 Å². The summed E-state index contributed by atoms with van der Waals surface area (Å²) in [5.74, 6) is 0. The van der Waals surface area contributed by atoms with Gasteiger partial charge in [0.05, 0.1) is 19.3 Å². The summed E-state index contributed by atoms with van der Waals surface area (Å²) in [6, 6.07) is 16.8. The van der Waals surface area contributed by atoms with Crippen LogP contribution in [-0.2, 0) is 22.1 Å². The molecule has 2 heterocycles. The molecule has 31 heavy (non-hydrogen) atoms. The van der Waals surface area contributed by atoms with Crippen molar-refractivity contribution in [1.82, 2.24) is 4.90 Å². The molecular weight excluding hydrogens is 378 g/mol. The third-order valence-corrected chi connectivity index (χ3v) is 8.09. The highest BCUT2D eigenvalue weighted by molar-refractivity contribution is 5.72. The monoisotopic (exact) mass is 415 g/mol. The molecule has 2 atom stereocenters. The molecule has 164 valence electrons. The standard InChI is InChI=1S/C29H37NO/c1-20-13-26-27(29(4,5)12-11-28(26,2)3)16-25(20)22-14-23-18-31-19-24(15-22)30(23)17-21-9-7-6-8-10-21/h6-10,13-14,16,23-24H,11-12,15,17-19H2,1-5H3. The van der Waals surface area contributed by atoms with Crippen LogP contribution in [0.15, 0.2) is 48.5 Å². The Labute approximate surface area is 188 Å². The molecule has 1 saturated heterocycles. The molecular formula is C29H37NO. The topological polar surface area (TPSA) is 12.5 Å². The summed E-state index contributed by atoms with van der Waals surface area (Å²) >= 11 is 0. The smallest absolute Gasteiger partial charge is 0.0658 e. The van der Waals surface area contributed by atoms with Crippen LogP contribution < -0.4 is 0 Å². The van der Waals surface area contributed by atoms with Crippen LogP contribution in [0.5, 0.6) is 0 Å². The van der Waals surface area contributed by atoms with Gasteiger partial charge in [0, 0.05) is 12.6 Å². The second-order valence-electron chi connectivity index (χ2n) is 11.3. The molecule has 0 aromatic heterocycles. The second kappa shape index (κ2) is 7.60. The molecule has 0 spiro atoms. The zero-order valence-electron chi connectivity index (χ0n) is 19.9. The van der Waals surface area contributed by atoms with Gasteiger partial charge in [0.25, 0.3) is 0 Å². The molecule has 0 amide bonds. The molecule has 2 bridgehead atoms. The van der Waals surface area contributed by atoms with E-state index in [9.17, 15) is 0 Å². The Balaban J connectivity index is 1.51. The quantitative estimate of drug-likeness (QED) is 0.575. The molecule has 1 fully saturated rings. The van der Waals surface area contributed by atoms with Gasteiger partial charge in [0.1, 0.15) is 0 Å². The first kappa shape index (κ1) is 21.0. The van der Waals surface area contributed by atoms with Crippen molar-refractivity contribution in [1.29, 1.82) is 0 Å². The van der Waals surface area contributed by atoms with Crippen molar-refractivity contribution >= 4 is 5.57 Å². The van der Waals surface area contributed by atoms with Crippen molar-refractivity contribution in [2.75, 3.05) is 13.2 Å². The fraction of sp³-hybridized carbons (Fsp3) is 0.517. The Morgan fingerprint density at radius 3 is 2.29 bits per heavy atom. The summed E-state index contributed by atoms with van der Waals surface area (Å²) in [7, 11) is 0. The number of hydrogen-bond donors (Lipinski definition) is 0. The summed E-state index contributed by atoms with van der Waals surface area (Å²) in [6.07, 6.45) is 6.12. The molecule has 3 aliphatic rings. The summed E-state index contributed by atoms with van der Waals surface area (Å²) in [5, 5.41) is 0. The molecule has 0 saturated carbocycles. The van der Waals surface area contributed by atoms with Crippen LogP contribution >= 0.6 is 0 Å². The largest absolute Gasteiger partial charge is 0.378 e. The Kier molecular flexibility index (Phi) is 5.14. The maximum Gasteiger partial charge on any atom is 0.0658 e. The lowest BCUT2D eigenvalue weighted by atomic mass is 9.62. The molecule has 2 heteroatoms. The van der Waals surface area contributed by atoms with Crippen molar-refractivity contribution in [3.8, 4) is 0 Å². The maximum atomic E-state index is 5.98. The molecule has 2 aromatic carbocycles. The number of rotatable bonds is 3. The van der Waals surface area contributed by atoms with E-state index in [1.165, 1.54) is 35.1 Å². The Morgan fingerprint density at radius 1 is 0.935 bits per heavy atom. The Bertz CT molecular complexity index is 1000. The lowest BCUT2D eigenvalue weighted by Crippen LogP contribution is -2.53. The summed E-state index contributed by atoms with van der Waals surface area (Å²) in [6.45, 7) is 14.7. The van der Waals surface area contributed by atoms with Crippen molar-refractivity contribution in [2.24, 2.45) is 0 Å². The highest BCUT2D eigenvalue weighted by Crippen LogP contribution is 2.48. The second-order valence-corrected chi connectivity index (χ2v) is 11.3. The first-order valence-corrected chi connectivity index (χ1v) is 12.0. The maximum absolute atomic E-state index is 5.98. The van der Waals surface area contributed by atoms with Crippen LogP contribution in [0.4, 0.5) is 0 Å². The average Bonchev–Trinajstić information content (AvgIpc) is 2.72. The summed E-state index contributed by atoms with van der Waals surface area (Å²) in [5.41, 5.74) is 9.49. The minimum Gasteiger partial charge on any atom is -0.378 e. The van der Waals surface area contributed by atoms with E-state index < -0.39 is 0 Å². The van der Waals surface area contributed by atoms with E-state index in [0.29, 0.717) is 12.1 Å². The van der Waals surface area contributed by atoms with Crippen molar-refractivity contribution < 1.29 is 4.74 Å². The van der Waals surface area contributed by atoms with E-state index in [4.69, 9.17) is 4.74 Å². The summed E-state index contributed by atoms with van der Waals surface area (Å²) < 4.78 is 5.98. The minimum absolute atomic E-state index is 0.251. The Hall–Kier alpha value is -1.90. The van der Waals surface area contributed by atoms with Gasteiger partial charge in [-0.15, -0.1) is 0 Å². The number of morpholine rings is 1. The SMILES string of the molecule is Cc1cc2c(cc1C1=CC3COCC(C1)N3Cc1ccccc1)C(C)(C)CCC2(C)C. The zero-order chi connectivity index (χ0) is 21.8. The van der Waals surface area contributed by atoms with Gasteiger partial charge in [-0.2, -0.15) is 0 Å². The van der Waals surface area contributed by atoms with E-state index >= 15 is 0 Å². The van der Waals surface area contributed by atoms with Crippen LogP contribution in [-0.4, -0.2) is 30.2 Å². The third-order valence-electron chi connectivity index (χ3n) is 8.09. The first-order chi connectivity index (χ1) is 14.7. The number of hydrogen-bond acceptors (Lipinski definition) is 2. The summed E-state index contributed by atoms with van der Waals surface area (Å²) in [4.78, 5) is 2.66. The number of ether oxygens (including phenoxy) is 1. The van der Waals surface area contributed by atoms with Gasteiger partial charge in [-0.1, -0.05) is 76.2 Å². The zero-order valence-corrected chi connectivity index (χ0v) is 19.9. The van der Waals surface area contributed by atoms with Crippen LogP contribution in [0, 0.1) is 6.92 Å². The minimum atomic E-state index is 0.251. The fourth-order valence-electron chi connectivity index (χ4n) is 5.97. The highest BCUT2D eigenvalue weighted by atomic mass is 16.5. The molecule has 2 nitrogen and oxygen atoms in total. The van der Waals surface area contributed by atoms with Crippen LogP contribution in [0.1, 0.15) is 74.8 Å². The van der Waals surface area contributed by atoms with E-state index in [1.54, 1.807) is 11.1 Å². The Morgan fingerprint density at radius 2 is 1.61 bits per heavy atom. The molecule has 2 aromatic rings. The molecule has 2 unspecified atom stereocenters. The van der Waals surface area contributed by atoms with Gasteiger partial charge in [0.2, 0.25) is 0 Å². The average molecular weight is 416 g/mol. The van der Waals surface area contributed by atoms with E-state index in [1.807, 2.05) is 0 Å². The van der Waals surface area contributed by atoms with Crippen LogP contribution in [0.25, 0.3) is 5.57 Å².